The first-order chi connectivity index (χ1) is 12.0. The number of sulfonamides is 1. The number of ether oxygens (including phenoxy) is 1. The fourth-order valence-corrected chi connectivity index (χ4v) is 4.93. The van der Waals surface area contributed by atoms with Crippen LogP contribution in [0.4, 0.5) is 10.5 Å². The number of nitrogens with one attached hydrogen (secondary N) is 2. The lowest BCUT2D eigenvalue weighted by Crippen LogP contribution is -2.43. The highest BCUT2D eigenvalue weighted by atomic mass is 32.2. The van der Waals surface area contributed by atoms with Crippen LogP contribution in [-0.4, -0.2) is 50.7 Å². The number of nitrogens with zero attached hydrogens (tertiary/aromatic N) is 1. The summed E-state index contributed by atoms with van der Waals surface area (Å²) in [7, 11) is -1.49. The molecule has 0 radical (unpaired) electrons. The van der Waals surface area contributed by atoms with Crippen LogP contribution in [0.5, 0.6) is 5.75 Å². The Morgan fingerprint density at radius 1 is 1.24 bits per heavy atom. The molecule has 0 atom stereocenters. The van der Waals surface area contributed by atoms with E-state index in [2.05, 4.69) is 10.6 Å². The molecule has 7 nitrogen and oxygen atoms in total. The molecule has 2 fully saturated rings. The largest absolute Gasteiger partial charge is 0.497 e. The van der Waals surface area contributed by atoms with Gasteiger partial charge in [-0.3, -0.25) is 0 Å². The Hall–Kier alpha value is -1.80. The lowest BCUT2D eigenvalue weighted by molar-refractivity contribution is 0.240. The maximum atomic E-state index is 12.2. The topological polar surface area (TPSA) is 87.7 Å². The van der Waals surface area contributed by atoms with Gasteiger partial charge in [-0.15, -0.1) is 0 Å². The van der Waals surface area contributed by atoms with E-state index in [0.29, 0.717) is 37.0 Å². The van der Waals surface area contributed by atoms with Crippen LogP contribution in [0.1, 0.15) is 25.7 Å². The lowest BCUT2D eigenvalue weighted by Gasteiger charge is -2.31. The van der Waals surface area contributed by atoms with Crippen molar-refractivity contribution in [3.05, 3.63) is 24.3 Å². The smallest absolute Gasteiger partial charge is 0.319 e. The minimum Gasteiger partial charge on any atom is -0.497 e. The molecule has 1 heterocycles. The molecule has 2 amide bonds. The fourth-order valence-electron chi connectivity index (χ4n) is 3.06. The van der Waals surface area contributed by atoms with E-state index in [0.717, 1.165) is 25.7 Å². The van der Waals surface area contributed by atoms with E-state index < -0.39 is 10.0 Å². The summed E-state index contributed by atoms with van der Waals surface area (Å²) in [6.45, 7) is 1.67. The van der Waals surface area contributed by atoms with Crippen LogP contribution in [0.15, 0.2) is 24.3 Å². The summed E-state index contributed by atoms with van der Waals surface area (Å²) in [4.78, 5) is 12.0. The molecule has 0 unspecified atom stereocenters. The van der Waals surface area contributed by atoms with E-state index in [-0.39, 0.29) is 11.3 Å². The number of urea groups is 1. The number of benzene rings is 1. The van der Waals surface area contributed by atoms with Crippen LogP contribution in [0.2, 0.25) is 0 Å². The Kier molecular flexibility index (Phi) is 5.48. The predicted octanol–water partition coefficient (Wildman–Crippen LogP) is 2.02. The molecule has 1 saturated heterocycles. The van der Waals surface area contributed by atoms with Gasteiger partial charge >= 0.3 is 6.03 Å². The SMILES string of the molecule is COc1cccc(NC(=O)NCC2CCN(S(=O)(=O)C3CC3)CC2)c1. The second-order valence-corrected chi connectivity index (χ2v) is 8.87. The van der Waals surface area contributed by atoms with Crippen LogP contribution < -0.4 is 15.4 Å². The molecule has 1 aliphatic carbocycles. The van der Waals surface area contributed by atoms with Gasteiger partial charge in [0.1, 0.15) is 5.75 Å². The van der Waals surface area contributed by atoms with Crippen LogP contribution in [0.3, 0.4) is 0 Å². The van der Waals surface area contributed by atoms with E-state index in [4.69, 9.17) is 4.74 Å². The second kappa shape index (κ2) is 7.61. The van der Waals surface area contributed by atoms with Crippen LogP contribution in [0.25, 0.3) is 0 Å². The van der Waals surface area contributed by atoms with Gasteiger partial charge in [-0.2, -0.15) is 0 Å². The molecular weight excluding hydrogens is 342 g/mol. The first kappa shape index (κ1) is 18.0. The molecule has 138 valence electrons. The highest BCUT2D eigenvalue weighted by Gasteiger charge is 2.41. The zero-order chi connectivity index (χ0) is 17.9. The number of rotatable bonds is 6. The van der Waals surface area contributed by atoms with Gasteiger partial charge in [0.2, 0.25) is 10.0 Å². The van der Waals surface area contributed by atoms with Crippen LogP contribution in [-0.2, 0) is 10.0 Å². The third-order valence-electron chi connectivity index (χ3n) is 4.76. The maximum Gasteiger partial charge on any atom is 0.319 e. The highest BCUT2D eigenvalue weighted by molar-refractivity contribution is 7.90. The van der Waals surface area contributed by atoms with Gasteiger partial charge in [-0.05, 0) is 43.7 Å². The zero-order valence-electron chi connectivity index (χ0n) is 14.4. The average molecular weight is 367 g/mol. The Morgan fingerprint density at radius 3 is 2.60 bits per heavy atom. The van der Waals surface area contributed by atoms with Crippen molar-refractivity contribution in [3.8, 4) is 5.75 Å². The highest BCUT2D eigenvalue weighted by Crippen LogP contribution is 2.33. The van der Waals surface area contributed by atoms with Crippen molar-refractivity contribution in [1.29, 1.82) is 0 Å². The number of hydrogen-bond donors (Lipinski definition) is 2. The van der Waals surface area contributed by atoms with Crippen molar-refractivity contribution in [2.75, 3.05) is 32.1 Å². The van der Waals surface area contributed by atoms with E-state index in [1.54, 1.807) is 23.5 Å². The molecule has 0 bridgehead atoms. The summed E-state index contributed by atoms with van der Waals surface area (Å²) in [5.41, 5.74) is 0.669. The van der Waals surface area contributed by atoms with E-state index in [1.165, 1.54) is 0 Å². The summed E-state index contributed by atoms with van der Waals surface area (Å²) in [5.74, 6) is 0.990. The number of amides is 2. The zero-order valence-corrected chi connectivity index (χ0v) is 15.2. The molecule has 2 aliphatic rings. The first-order valence-electron chi connectivity index (χ1n) is 8.67. The standard InChI is InChI=1S/C17H25N3O4S/c1-24-15-4-2-3-14(11-15)19-17(21)18-12-13-7-9-20(10-8-13)25(22,23)16-5-6-16/h2-4,11,13,16H,5-10,12H2,1H3,(H2,18,19,21). The molecule has 3 rings (SSSR count). The second-order valence-electron chi connectivity index (χ2n) is 6.65. The summed E-state index contributed by atoms with van der Waals surface area (Å²) < 4.78 is 31.2. The summed E-state index contributed by atoms with van der Waals surface area (Å²) >= 11 is 0. The maximum absolute atomic E-state index is 12.2. The molecule has 1 aromatic carbocycles. The Morgan fingerprint density at radius 2 is 1.96 bits per heavy atom. The van der Waals surface area contributed by atoms with E-state index in [9.17, 15) is 13.2 Å². The summed E-state index contributed by atoms with van der Waals surface area (Å²) in [5, 5.41) is 5.50. The molecule has 1 aromatic rings. The molecule has 2 N–H and O–H groups in total. The summed E-state index contributed by atoms with van der Waals surface area (Å²) in [6.07, 6.45) is 3.17. The predicted molar refractivity (Wildman–Crippen MR) is 96.3 cm³/mol. The van der Waals surface area contributed by atoms with Crippen LogP contribution in [0, 0.1) is 5.92 Å². The number of carbonyl (C=O) groups is 1. The molecule has 1 aliphatic heterocycles. The Bertz CT molecular complexity index is 710. The third kappa shape index (κ3) is 4.64. The van der Waals surface area contributed by atoms with Crippen molar-refractivity contribution in [2.24, 2.45) is 5.92 Å². The minimum absolute atomic E-state index is 0.143. The third-order valence-corrected chi connectivity index (χ3v) is 7.16. The van der Waals surface area contributed by atoms with Gasteiger partial charge in [0, 0.05) is 31.4 Å². The van der Waals surface area contributed by atoms with Gasteiger partial charge < -0.3 is 15.4 Å². The quantitative estimate of drug-likeness (QED) is 0.805. The summed E-state index contributed by atoms with van der Waals surface area (Å²) in [6, 6.07) is 6.91. The number of piperidine rings is 1. The minimum atomic E-state index is -3.07. The van der Waals surface area contributed by atoms with Crippen LogP contribution >= 0.6 is 0 Å². The number of hydrogen-bond acceptors (Lipinski definition) is 4. The molecule has 0 aromatic heterocycles. The van der Waals surface area contributed by atoms with Gasteiger partial charge in [0.15, 0.2) is 0 Å². The number of methoxy groups -OCH3 is 1. The monoisotopic (exact) mass is 367 g/mol. The van der Waals surface area contributed by atoms with Crippen molar-refractivity contribution in [1.82, 2.24) is 9.62 Å². The van der Waals surface area contributed by atoms with Crippen molar-refractivity contribution in [2.45, 2.75) is 30.9 Å². The molecular formula is C17H25N3O4S. The normalized spacial score (nSPS) is 19.4. The van der Waals surface area contributed by atoms with Crippen molar-refractivity contribution < 1.29 is 17.9 Å². The molecule has 0 spiro atoms. The molecule has 1 saturated carbocycles. The van der Waals surface area contributed by atoms with Crippen molar-refractivity contribution >= 4 is 21.7 Å². The lowest BCUT2D eigenvalue weighted by atomic mass is 9.98. The fraction of sp³-hybridized carbons (Fsp3) is 0.588. The molecule has 8 heteroatoms. The van der Waals surface area contributed by atoms with Gasteiger partial charge in [0.05, 0.1) is 12.4 Å². The molecule has 25 heavy (non-hydrogen) atoms. The van der Waals surface area contributed by atoms with Gasteiger partial charge in [-0.25, -0.2) is 17.5 Å². The Labute approximate surface area is 148 Å². The van der Waals surface area contributed by atoms with E-state index in [1.807, 2.05) is 12.1 Å². The first-order valence-corrected chi connectivity index (χ1v) is 10.2. The van der Waals surface area contributed by atoms with E-state index >= 15 is 0 Å². The number of carbonyl (C=O) groups excluding carboxylic acids is 1. The average Bonchev–Trinajstić information content (AvgIpc) is 3.46. The van der Waals surface area contributed by atoms with Gasteiger partial charge in [0.25, 0.3) is 0 Å². The Balaban J connectivity index is 1.41. The number of anilines is 1. The van der Waals surface area contributed by atoms with Gasteiger partial charge in [-0.1, -0.05) is 6.07 Å². The van der Waals surface area contributed by atoms with Crippen molar-refractivity contribution in [3.63, 3.8) is 0 Å².